The molecule has 0 amide bonds. The van der Waals surface area contributed by atoms with Gasteiger partial charge in [0.1, 0.15) is 0 Å². The number of benzene rings is 1. The van der Waals surface area contributed by atoms with Gasteiger partial charge >= 0.3 is 0 Å². The molecular formula is C13H20ClN5. The quantitative estimate of drug-likeness (QED) is 0.371. The second-order valence-corrected chi connectivity index (χ2v) is 4.83. The Morgan fingerprint density at radius 3 is 2.42 bits per heavy atom. The predicted molar refractivity (Wildman–Crippen MR) is 80.5 cm³/mol. The molecule has 0 atom stereocenters. The highest BCUT2D eigenvalue weighted by molar-refractivity contribution is 6.30. The first kappa shape index (κ1) is 14.0. The Morgan fingerprint density at radius 2 is 1.89 bits per heavy atom. The number of anilines is 1. The lowest BCUT2D eigenvalue weighted by atomic mass is 10.2. The molecule has 19 heavy (non-hydrogen) atoms. The number of aliphatic imine (C=N–C) groups is 1. The normalized spacial score (nSPS) is 16.7. The summed E-state index contributed by atoms with van der Waals surface area (Å²) in [7, 11) is 0. The van der Waals surface area contributed by atoms with Crippen molar-refractivity contribution < 1.29 is 0 Å². The van der Waals surface area contributed by atoms with Crippen molar-refractivity contribution in [2.75, 3.05) is 37.6 Å². The highest BCUT2D eigenvalue weighted by Crippen LogP contribution is 2.19. The summed E-state index contributed by atoms with van der Waals surface area (Å²) < 4.78 is 0. The van der Waals surface area contributed by atoms with Gasteiger partial charge in [-0.2, -0.15) is 0 Å². The number of hydrogen-bond acceptors (Lipinski definition) is 3. The van der Waals surface area contributed by atoms with Gasteiger partial charge in [-0.3, -0.25) is 10.4 Å². The van der Waals surface area contributed by atoms with Crippen LogP contribution in [0.2, 0.25) is 5.02 Å². The SMILES string of the molecule is CCN=C(NN)N1CCN(c2ccc(Cl)cc2)CC1. The van der Waals surface area contributed by atoms with Crippen LogP contribution >= 0.6 is 11.6 Å². The highest BCUT2D eigenvalue weighted by Gasteiger charge is 2.19. The van der Waals surface area contributed by atoms with Crippen molar-refractivity contribution in [3.8, 4) is 0 Å². The molecular weight excluding hydrogens is 262 g/mol. The van der Waals surface area contributed by atoms with Gasteiger partial charge in [0.2, 0.25) is 5.96 Å². The molecule has 1 aliphatic heterocycles. The zero-order chi connectivity index (χ0) is 13.7. The van der Waals surface area contributed by atoms with Crippen molar-refractivity contribution in [2.24, 2.45) is 10.8 Å². The summed E-state index contributed by atoms with van der Waals surface area (Å²) in [5, 5.41) is 0.770. The third-order valence-corrected chi connectivity index (χ3v) is 3.46. The monoisotopic (exact) mass is 281 g/mol. The Morgan fingerprint density at radius 1 is 1.26 bits per heavy atom. The molecule has 1 aromatic carbocycles. The number of halogens is 1. The second-order valence-electron chi connectivity index (χ2n) is 4.39. The summed E-state index contributed by atoms with van der Waals surface area (Å²) in [6.45, 7) is 6.45. The van der Waals surface area contributed by atoms with Crippen LogP contribution in [0.5, 0.6) is 0 Å². The predicted octanol–water partition coefficient (Wildman–Crippen LogP) is 1.30. The maximum atomic E-state index is 5.90. The van der Waals surface area contributed by atoms with Gasteiger partial charge in [-0.15, -0.1) is 0 Å². The summed E-state index contributed by atoms with van der Waals surface area (Å²) >= 11 is 5.90. The maximum absolute atomic E-state index is 5.90. The van der Waals surface area contributed by atoms with Crippen LogP contribution in [0.4, 0.5) is 5.69 Å². The fourth-order valence-electron chi connectivity index (χ4n) is 2.22. The Labute approximate surface area is 119 Å². The number of hydrogen-bond donors (Lipinski definition) is 2. The molecule has 6 heteroatoms. The number of hydrazine groups is 1. The lowest BCUT2D eigenvalue weighted by Gasteiger charge is -2.37. The topological polar surface area (TPSA) is 56.9 Å². The first-order valence-corrected chi connectivity index (χ1v) is 6.89. The molecule has 2 rings (SSSR count). The summed E-state index contributed by atoms with van der Waals surface area (Å²) in [5.41, 5.74) is 3.88. The summed E-state index contributed by atoms with van der Waals surface area (Å²) in [4.78, 5) is 8.86. The van der Waals surface area contributed by atoms with Crippen molar-refractivity contribution >= 4 is 23.2 Å². The van der Waals surface area contributed by atoms with Crippen LogP contribution < -0.4 is 16.2 Å². The van der Waals surface area contributed by atoms with Crippen LogP contribution in [0.25, 0.3) is 0 Å². The molecule has 1 heterocycles. The van der Waals surface area contributed by atoms with E-state index in [9.17, 15) is 0 Å². The third kappa shape index (κ3) is 3.52. The highest BCUT2D eigenvalue weighted by atomic mass is 35.5. The second kappa shape index (κ2) is 6.63. The first-order valence-electron chi connectivity index (χ1n) is 6.51. The molecule has 104 valence electrons. The van der Waals surface area contributed by atoms with Gasteiger partial charge < -0.3 is 9.80 Å². The van der Waals surface area contributed by atoms with Gasteiger partial charge in [-0.1, -0.05) is 11.6 Å². The molecule has 0 aromatic heterocycles. The molecule has 1 aliphatic rings. The van der Waals surface area contributed by atoms with Gasteiger partial charge in [0.15, 0.2) is 0 Å². The average molecular weight is 282 g/mol. The molecule has 3 N–H and O–H groups in total. The Bertz CT molecular complexity index is 423. The van der Waals surface area contributed by atoms with E-state index in [1.807, 2.05) is 19.1 Å². The maximum Gasteiger partial charge on any atom is 0.208 e. The minimum atomic E-state index is 0.733. The van der Waals surface area contributed by atoms with E-state index in [2.05, 4.69) is 32.4 Å². The molecule has 0 bridgehead atoms. The van der Waals surface area contributed by atoms with Crippen molar-refractivity contribution in [3.63, 3.8) is 0 Å². The lowest BCUT2D eigenvalue weighted by Crippen LogP contribution is -2.54. The number of nitrogens with two attached hydrogens (primary N) is 1. The van der Waals surface area contributed by atoms with Crippen molar-refractivity contribution in [3.05, 3.63) is 29.3 Å². The van der Waals surface area contributed by atoms with Crippen molar-refractivity contribution in [2.45, 2.75) is 6.92 Å². The summed E-state index contributed by atoms with van der Waals surface area (Å²) in [5.74, 6) is 6.28. The number of nitrogens with zero attached hydrogens (tertiary/aromatic N) is 3. The van der Waals surface area contributed by atoms with Crippen LogP contribution in [-0.4, -0.2) is 43.6 Å². The molecule has 0 saturated carbocycles. The Balaban J connectivity index is 1.95. The van der Waals surface area contributed by atoms with E-state index < -0.39 is 0 Å². The van der Waals surface area contributed by atoms with Gasteiger partial charge in [0.05, 0.1) is 0 Å². The lowest BCUT2D eigenvalue weighted by molar-refractivity contribution is 0.373. The van der Waals surface area contributed by atoms with Gasteiger partial charge in [0.25, 0.3) is 0 Å². The van der Waals surface area contributed by atoms with Crippen LogP contribution in [-0.2, 0) is 0 Å². The zero-order valence-corrected chi connectivity index (χ0v) is 11.9. The fraction of sp³-hybridized carbons (Fsp3) is 0.462. The van der Waals surface area contributed by atoms with E-state index in [0.717, 1.165) is 43.7 Å². The van der Waals surface area contributed by atoms with Gasteiger partial charge in [0, 0.05) is 43.4 Å². The third-order valence-electron chi connectivity index (χ3n) is 3.21. The zero-order valence-electron chi connectivity index (χ0n) is 11.1. The number of rotatable bonds is 2. The first-order chi connectivity index (χ1) is 9.24. The van der Waals surface area contributed by atoms with E-state index in [1.165, 1.54) is 5.69 Å². The molecule has 1 saturated heterocycles. The van der Waals surface area contributed by atoms with Crippen molar-refractivity contribution in [1.82, 2.24) is 10.3 Å². The molecule has 1 fully saturated rings. The fourth-order valence-corrected chi connectivity index (χ4v) is 2.34. The minimum Gasteiger partial charge on any atom is -0.368 e. The Hall–Kier alpha value is -1.46. The van der Waals surface area contributed by atoms with Crippen LogP contribution in [0.15, 0.2) is 29.3 Å². The minimum absolute atomic E-state index is 0.733. The smallest absolute Gasteiger partial charge is 0.208 e. The van der Waals surface area contributed by atoms with E-state index in [-0.39, 0.29) is 0 Å². The number of piperazine rings is 1. The Kier molecular flexibility index (Phi) is 4.87. The van der Waals surface area contributed by atoms with E-state index in [0.29, 0.717) is 0 Å². The van der Waals surface area contributed by atoms with E-state index >= 15 is 0 Å². The molecule has 5 nitrogen and oxygen atoms in total. The van der Waals surface area contributed by atoms with Crippen LogP contribution in [0.3, 0.4) is 0 Å². The van der Waals surface area contributed by atoms with Gasteiger partial charge in [-0.05, 0) is 31.2 Å². The standard InChI is InChI=1S/C13H20ClN5/c1-2-16-13(17-15)19-9-7-18(8-10-19)12-5-3-11(14)4-6-12/h3-6H,2,7-10,15H2,1H3,(H,16,17). The van der Waals surface area contributed by atoms with Crippen molar-refractivity contribution in [1.29, 1.82) is 0 Å². The van der Waals surface area contributed by atoms with Gasteiger partial charge in [-0.25, -0.2) is 5.84 Å². The molecule has 0 unspecified atom stereocenters. The average Bonchev–Trinajstić information content (AvgIpc) is 2.46. The van der Waals surface area contributed by atoms with Crippen LogP contribution in [0.1, 0.15) is 6.92 Å². The molecule has 1 aromatic rings. The molecule has 0 radical (unpaired) electrons. The number of guanidine groups is 1. The number of nitrogens with one attached hydrogen (secondary N) is 1. The van der Waals surface area contributed by atoms with E-state index in [4.69, 9.17) is 17.4 Å². The molecule has 0 aliphatic carbocycles. The summed E-state index contributed by atoms with van der Waals surface area (Å²) in [6, 6.07) is 7.96. The van der Waals surface area contributed by atoms with E-state index in [1.54, 1.807) is 0 Å². The largest absolute Gasteiger partial charge is 0.368 e. The molecule has 0 spiro atoms. The summed E-state index contributed by atoms with van der Waals surface area (Å²) in [6.07, 6.45) is 0. The van der Waals surface area contributed by atoms with Crippen LogP contribution in [0, 0.1) is 0 Å².